The molecule has 1 saturated heterocycles. The number of benzene rings is 3. The Morgan fingerprint density at radius 3 is 2.52 bits per heavy atom. The van der Waals surface area contributed by atoms with Crippen molar-refractivity contribution in [2.75, 3.05) is 30.3 Å². The van der Waals surface area contributed by atoms with Gasteiger partial charge in [0, 0.05) is 27.7 Å². The maximum atomic E-state index is 12.6. The first-order chi connectivity index (χ1) is 15.0. The number of hydrogen-bond acceptors (Lipinski definition) is 3. The van der Waals surface area contributed by atoms with Gasteiger partial charge in [0.15, 0.2) is 0 Å². The third kappa shape index (κ3) is 5.24. The number of likely N-dealkylation sites (tertiary alicyclic amines) is 1. The summed E-state index contributed by atoms with van der Waals surface area (Å²) in [5.41, 5.74) is 2.53. The van der Waals surface area contributed by atoms with Crippen LogP contribution in [0.15, 0.2) is 60.7 Å². The van der Waals surface area contributed by atoms with Crippen molar-refractivity contribution in [3.8, 4) is 0 Å². The lowest BCUT2D eigenvalue weighted by Crippen LogP contribution is -2.41. The van der Waals surface area contributed by atoms with E-state index in [0.717, 1.165) is 53.6 Å². The standard InChI is InChI=1S/C25H26ClN3O2/c1-17-9-10-20(15-22(17)26)27-25(31)19-11-13-29(14-12-19)16-24(30)28-23-8-4-6-18-5-2-3-7-21(18)23/h2-10,15,19H,11-14,16H2,1H3,(H,27,31)(H,28,30). The summed E-state index contributed by atoms with van der Waals surface area (Å²) in [5, 5.41) is 8.77. The van der Waals surface area contributed by atoms with Crippen LogP contribution in [-0.2, 0) is 9.59 Å². The highest BCUT2D eigenvalue weighted by atomic mass is 35.5. The third-order valence-electron chi connectivity index (χ3n) is 5.83. The van der Waals surface area contributed by atoms with E-state index in [1.54, 1.807) is 6.07 Å². The summed E-state index contributed by atoms with van der Waals surface area (Å²) < 4.78 is 0. The second kappa shape index (κ2) is 9.50. The van der Waals surface area contributed by atoms with E-state index in [1.807, 2.05) is 61.5 Å². The molecule has 3 aromatic carbocycles. The molecule has 6 heteroatoms. The fourth-order valence-electron chi connectivity index (χ4n) is 4.00. The van der Waals surface area contributed by atoms with Gasteiger partial charge in [-0.2, -0.15) is 0 Å². The number of nitrogens with one attached hydrogen (secondary N) is 2. The highest BCUT2D eigenvalue weighted by molar-refractivity contribution is 6.31. The van der Waals surface area contributed by atoms with Crippen molar-refractivity contribution in [3.63, 3.8) is 0 Å². The van der Waals surface area contributed by atoms with Crippen LogP contribution < -0.4 is 10.6 Å². The lowest BCUT2D eigenvalue weighted by Gasteiger charge is -2.30. The Morgan fingerprint density at radius 2 is 1.74 bits per heavy atom. The predicted octanol–water partition coefficient (Wildman–Crippen LogP) is 5.09. The van der Waals surface area contributed by atoms with Crippen LogP contribution >= 0.6 is 11.6 Å². The van der Waals surface area contributed by atoms with Crippen molar-refractivity contribution in [3.05, 3.63) is 71.2 Å². The SMILES string of the molecule is Cc1ccc(NC(=O)C2CCN(CC(=O)Nc3cccc4ccccc34)CC2)cc1Cl. The summed E-state index contributed by atoms with van der Waals surface area (Å²) in [4.78, 5) is 27.3. The van der Waals surface area contributed by atoms with Gasteiger partial charge in [0.25, 0.3) is 0 Å². The van der Waals surface area contributed by atoms with E-state index in [1.165, 1.54) is 0 Å². The summed E-state index contributed by atoms with van der Waals surface area (Å²) in [7, 11) is 0. The van der Waals surface area contributed by atoms with E-state index in [4.69, 9.17) is 11.6 Å². The van der Waals surface area contributed by atoms with Gasteiger partial charge < -0.3 is 10.6 Å². The normalized spacial score (nSPS) is 15.0. The van der Waals surface area contributed by atoms with Crippen molar-refractivity contribution >= 4 is 45.6 Å². The Kier molecular flexibility index (Phi) is 6.54. The first-order valence-corrected chi connectivity index (χ1v) is 10.9. The first-order valence-electron chi connectivity index (χ1n) is 10.6. The Bertz CT molecular complexity index is 1100. The van der Waals surface area contributed by atoms with E-state index >= 15 is 0 Å². The van der Waals surface area contributed by atoms with Gasteiger partial charge in [-0.05, 0) is 62.0 Å². The maximum Gasteiger partial charge on any atom is 0.238 e. The Hall–Kier alpha value is -2.89. The van der Waals surface area contributed by atoms with Gasteiger partial charge in [-0.15, -0.1) is 0 Å². The number of carbonyl (C=O) groups excluding carboxylic acids is 2. The molecule has 1 fully saturated rings. The van der Waals surface area contributed by atoms with Crippen LogP contribution in [0.3, 0.4) is 0 Å². The molecule has 0 aromatic heterocycles. The van der Waals surface area contributed by atoms with Crippen LogP contribution in [0.5, 0.6) is 0 Å². The van der Waals surface area contributed by atoms with Gasteiger partial charge in [0.05, 0.1) is 6.54 Å². The molecule has 0 unspecified atom stereocenters. The van der Waals surface area contributed by atoms with Crippen molar-refractivity contribution in [2.45, 2.75) is 19.8 Å². The molecule has 4 rings (SSSR count). The smallest absolute Gasteiger partial charge is 0.238 e. The van der Waals surface area contributed by atoms with Gasteiger partial charge in [0.2, 0.25) is 11.8 Å². The zero-order chi connectivity index (χ0) is 21.8. The number of piperidine rings is 1. The predicted molar refractivity (Wildman–Crippen MR) is 127 cm³/mol. The molecule has 31 heavy (non-hydrogen) atoms. The fourth-order valence-corrected chi connectivity index (χ4v) is 4.18. The van der Waals surface area contributed by atoms with E-state index in [-0.39, 0.29) is 17.7 Å². The quantitative estimate of drug-likeness (QED) is 0.586. The summed E-state index contributed by atoms with van der Waals surface area (Å²) >= 11 is 6.14. The summed E-state index contributed by atoms with van der Waals surface area (Å²) in [6.45, 7) is 3.69. The Balaban J connectivity index is 1.28. The molecule has 1 heterocycles. The van der Waals surface area contributed by atoms with Gasteiger partial charge in [-0.25, -0.2) is 0 Å². The van der Waals surface area contributed by atoms with Crippen molar-refractivity contribution in [1.29, 1.82) is 0 Å². The highest BCUT2D eigenvalue weighted by Gasteiger charge is 2.26. The Morgan fingerprint density at radius 1 is 1.00 bits per heavy atom. The monoisotopic (exact) mass is 435 g/mol. The molecule has 160 valence electrons. The summed E-state index contributed by atoms with van der Waals surface area (Å²) in [6.07, 6.45) is 1.46. The summed E-state index contributed by atoms with van der Waals surface area (Å²) in [5.74, 6) is -0.0780. The molecule has 2 amide bonds. The molecule has 0 saturated carbocycles. The number of anilines is 2. The van der Waals surface area contributed by atoms with Crippen molar-refractivity contribution in [2.24, 2.45) is 5.92 Å². The van der Waals surface area contributed by atoms with Crippen LogP contribution in [0.2, 0.25) is 5.02 Å². The topological polar surface area (TPSA) is 61.4 Å². The molecule has 5 nitrogen and oxygen atoms in total. The van der Waals surface area contributed by atoms with Crippen LogP contribution in [0.25, 0.3) is 10.8 Å². The largest absolute Gasteiger partial charge is 0.326 e. The number of hydrogen-bond donors (Lipinski definition) is 2. The van der Waals surface area contributed by atoms with Crippen LogP contribution in [0.4, 0.5) is 11.4 Å². The number of halogens is 1. The van der Waals surface area contributed by atoms with E-state index in [9.17, 15) is 9.59 Å². The minimum Gasteiger partial charge on any atom is -0.326 e. The molecule has 1 aliphatic rings. The third-order valence-corrected chi connectivity index (χ3v) is 6.24. The lowest BCUT2D eigenvalue weighted by molar-refractivity contribution is -0.121. The minimum absolute atomic E-state index is 0.0137. The van der Waals surface area contributed by atoms with E-state index < -0.39 is 0 Å². The second-order valence-corrected chi connectivity index (χ2v) is 8.49. The molecule has 1 aliphatic heterocycles. The minimum atomic E-state index is -0.0579. The van der Waals surface area contributed by atoms with Gasteiger partial charge in [-0.3, -0.25) is 14.5 Å². The molecular formula is C25H26ClN3O2. The van der Waals surface area contributed by atoms with Gasteiger partial charge in [-0.1, -0.05) is 54.1 Å². The number of fused-ring (bicyclic) bond motifs is 1. The average Bonchev–Trinajstić information content (AvgIpc) is 2.77. The van der Waals surface area contributed by atoms with Crippen molar-refractivity contribution < 1.29 is 9.59 Å². The number of nitrogens with zero attached hydrogens (tertiary/aromatic N) is 1. The maximum absolute atomic E-state index is 12.6. The first kappa shape index (κ1) is 21.3. The number of rotatable bonds is 5. The van der Waals surface area contributed by atoms with Gasteiger partial charge >= 0.3 is 0 Å². The average molecular weight is 436 g/mol. The van der Waals surface area contributed by atoms with E-state index in [2.05, 4.69) is 15.5 Å². The van der Waals surface area contributed by atoms with Crippen LogP contribution in [0, 0.1) is 12.8 Å². The second-order valence-electron chi connectivity index (χ2n) is 8.08. The number of carbonyl (C=O) groups is 2. The fraction of sp³-hybridized carbons (Fsp3) is 0.280. The Labute approximate surface area is 187 Å². The molecule has 3 aromatic rings. The molecule has 0 spiro atoms. The van der Waals surface area contributed by atoms with E-state index in [0.29, 0.717) is 11.6 Å². The lowest BCUT2D eigenvalue weighted by atomic mass is 9.95. The highest BCUT2D eigenvalue weighted by Crippen LogP contribution is 2.24. The number of amides is 2. The van der Waals surface area contributed by atoms with Crippen molar-refractivity contribution in [1.82, 2.24) is 4.90 Å². The number of aryl methyl sites for hydroxylation is 1. The molecule has 0 radical (unpaired) electrons. The zero-order valence-corrected chi connectivity index (χ0v) is 18.3. The summed E-state index contributed by atoms with van der Waals surface area (Å²) in [6, 6.07) is 19.5. The van der Waals surface area contributed by atoms with Gasteiger partial charge in [0.1, 0.15) is 0 Å². The molecule has 0 atom stereocenters. The molecular weight excluding hydrogens is 410 g/mol. The van der Waals surface area contributed by atoms with Crippen LogP contribution in [-0.4, -0.2) is 36.3 Å². The van der Waals surface area contributed by atoms with Crippen LogP contribution in [0.1, 0.15) is 18.4 Å². The zero-order valence-electron chi connectivity index (χ0n) is 17.5. The molecule has 0 aliphatic carbocycles. The molecule has 0 bridgehead atoms. The molecule has 2 N–H and O–H groups in total.